The standard InChI is InChI=1S/C31H21N3O/c32-19-31(20-33)27-18-17-22-10-5-7-16-26(22)34(27)29(30(35)23-11-2-1-3-12-23)28(31)25-15-8-13-21-9-4-6-14-24(21)25/h1-18,27-29H/t27-,28+,29+/m0/s1. The minimum Gasteiger partial charge on any atom is -0.351 e. The molecule has 1 saturated heterocycles. The lowest BCUT2D eigenvalue weighted by molar-refractivity contribution is 0.0951. The Balaban J connectivity index is 1.68. The number of carbonyl (C=O) groups is 1. The van der Waals surface area contributed by atoms with Crippen molar-refractivity contribution in [2.24, 2.45) is 5.41 Å². The van der Waals surface area contributed by atoms with Crippen molar-refractivity contribution in [2.45, 2.75) is 18.0 Å². The van der Waals surface area contributed by atoms with Gasteiger partial charge in [0, 0.05) is 17.2 Å². The van der Waals surface area contributed by atoms with E-state index in [2.05, 4.69) is 12.1 Å². The van der Waals surface area contributed by atoms with Gasteiger partial charge in [0.05, 0.1) is 18.2 Å². The van der Waals surface area contributed by atoms with E-state index in [0.29, 0.717) is 5.56 Å². The summed E-state index contributed by atoms with van der Waals surface area (Å²) in [5, 5.41) is 23.2. The Morgan fingerprint density at radius 1 is 0.800 bits per heavy atom. The van der Waals surface area contributed by atoms with E-state index in [4.69, 9.17) is 0 Å². The van der Waals surface area contributed by atoms with Crippen LogP contribution in [-0.2, 0) is 0 Å². The molecule has 0 radical (unpaired) electrons. The number of hydrogen-bond acceptors (Lipinski definition) is 4. The minimum atomic E-state index is -1.46. The number of para-hydroxylation sites is 1. The van der Waals surface area contributed by atoms with Crippen molar-refractivity contribution >= 4 is 28.3 Å². The number of Topliss-reactive ketones (excluding diaryl/α,β-unsaturated/α-hetero) is 1. The molecule has 4 aromatic rings. The zero-order valence-corrected chi connectivity index (χ0v) is 18.9. The molecule has 35 heavy (non-hydrogen) atoms. The smallest absolute Gasteiger partial charge is 0.185 e. The highest BCUT2D eigenvalue weighted by atomic mass is 16.1. The molecule has 0 N–H and O–H groups in total. The molecule has 0 amide bonds. The highest BCUT2D eigenvalue weighted by Crippen LogP contribution is 2.56. The first-order valence-corrected chi connectivity index (χ1v) is 11.6. The molecule has 0 unspecified atom stereocenters. The molecular formula is C31H21N3O. The minimum absolute atomic E-state index is 0.0917. The predicted octanol–water partition coefficient (Wildman–Crippen LogP) is 6.12. The molecule has 166 valence electrons. The van der Waals surface area contributed by atoms with Crippen molar-refractivity contribution in [3.05, 3.63) is 120 Å². The molecule has 0 saturated carbocycles. The summed E-state index contributed by atoms with van der Waals surface area (Å²) in [5.41, 5.74) is 1.80. The molecule has 4 nitrogen and oxygen atoms in total. The number of anilines is 1. The third-order valence-corrected chi connectivity index (χ3v) is 7.40. The normalized spacial score (nSPS) is 21.5. The second kappa shape index (κ2) is 7.97. The zero-order chi connectivity index (χ0) is 24.0. The van der Waals surface area contributed by atoms with Gasteiger partial charge in [-0.05, 0) is 28.0 Å². The molecule has 2 aliphatic rings. The fourth-order valence-corrected chi connectivity index (χ4v) is 5.87. The SMILES string of the molecule is N#CC1(C#N)[C@H](c2cccc3ccccc23)[C@H](C(=O)c2ccccc2)N2c3ccccc3C=C[C@H]21. The fraction of sp³-hybridized carbons (Fsp3) is 0.129. The highest BCUT2D eigenvalue weighted by molar-refractivity contribution is 6.05. The summed E-state index contributed by atoms with van der Waals surface area (Å²) < 4.78 is 0. The fourth-order valence-electron chi connectivity index (χ4n) is 5.87. The van der Waals surface area contributed by atoms with Crippen LogP contribution in [-0.4, -0.2) is 17.9 Å². The van der Waals surface area contributed by atoms with E-state index in [1.54, 1.807) is 0 Å². The Bertz CT molecular complexity index is 1560. The van der Waals surface area contributed by atoms with Gasteiger partial charge >= 0.3 is 0 Å². The number of nitriles is 2. The molecule has 2 aliphatic heterocycles. The molecule has 6 rings (SSSR count). The Morgan fingerprint density at radius 3 is 2.29 bits per heavy atom. The molecule has 0 aromatic heterocycles. The van der Waals surface area contributed by atoms with Crippen LogP contribution in [0.4, 0.5) is 5.69 Å². The van der Waals surface area contributed by atoms with Crippen molar-refractivity contribution in [2.75, 3.05) is 4.90 Å². The second-order valence-electron chi connectivity index (χ2n) is 9.08. The molecule has 0 aliphatic carbocycles. The van der Waals surface area contributed by atoms with Gasteiger partial charge in [-0.3, -0.25) is 4.79 Å². The number of rotatable bonds is 3. The molecule has 4 heteroatoms. The van der Waals surface area contributed by atoms with E-state index < -0.39 is 23.4 Å². The Labute approximate surface area is 204 Å². The van der Waals surface area contributed by atoms with Gasteiger partial charge in [-0.2, -0.15) is 10.5 Å². The van der Waals surface area contributed by atoms with Gasteiger partial charge in [0.25, 0.3) is 0 Å². The van der Waals surface area contributed by atoms with Crippen molar-refractivity contribution in [1.82, 2.24) is 0 Å². The first-order chi connectivity index (χ1) is 17.2. The summed E-state index contributed by atoms with van der Waals surface area (Å²) in [6.45, 7) is 0. The van der Waals surface area contributed by atoms with Crippen molar-refractivity contribution < 1.29 is 4.79 Å². The van der Waals surface area contributed by atoms with Crippen molar-refractivity contribution in [3.63, 3.8) is 0 Å². The number of benzene rings is 4. The van der Waals surface area contributed by atoms with Gasteiger partial charge in [-0.25, -0.2) is 0 Å². The van der Waals surface area contributed by atoms with E-state index in [0.717, 1.165) is 27.6 Å². The molecule has 0 spiro atoms. The quantitative estimate of drug-likeness (QED) is 0.352. The molecule has 4 aromatic carbocycles. The second-order valence-corrected chi connectivity index (χ2v) is 9.08. The van der Waals surface area contributed by atoms with Crippen molar-refractivity contribution in [3.8, 4) is 12.1 Å². The van der Waals surface area contributed by atoms with E-state index in [9.17, 15) is 15.3 Å². The summed E-state index contributed by atoms with van der Waals surface area (Å²) in [6.07, 6.45) is 3.89. The van der Waals surface area contributed by atoms with Crippen LogP contribution in [0, 0.1) is 28.1 Å². The number of hydrogen-bond donors (Lipinski definition) is 0. The third kappa shape index (κ3) is 2.94. The zero-order valence-electron chi connectivity index (χ0n) is 18.9. The average Bonchev–Trinajstić information content (AvgIpc) is 3.23. The van der Waals surface area contributed by atoms with Crippen LogP contribution in [0.25, 0.3) is 16.8 Å². The summed E-state index contributed by atoms with van der Waals surface area (Å²) in [6, 6.07) is 34.5. The maximum atomic E-state index is 14.3. The van der Waals surface area contributed by atoms with Gasteiger partial charge in [0.1, 0.15) is 6.04 Å². The summed E-state index contributed by atoms with van der Waals surface area (Å²) in [5.74, 6) is -0.747. The summed E-state index contributed by atoms with van der Waals surface area (Å²) in [4.78, 5) is 16.3. The van der Waals surface area contributed by atoms with E-state index in [1.165, 1.54) is 0 Å². The summed E-state index contributed by atoms with van der Waals surface area (Å²) >= 11 is 0. The monoisotopic (exact) mass is 451 g/mol. The largest absolute Gasteiger partial charge is 0.351 e. The van der Waals surface area contributed by atoms with E-state index in [1.807, 2.05) is 114 Å². The Kier molecular flexibility index (Phi) is 4.76. The summed E-state index contributed by atoms with van der Waals surface area (Å²) in [7, 11) is 0. The number of ketones is 1. The van der Waals surface area contributed by atoms with Crippen molar-refractivity contribution in [1.29, 1.82) is 10.5 Å². The molecule has 2 heterocycles. The lowest BCUT2D eigenvalue weighted by Crippen LogP contribution is -2.44. The predicted molar refractivity (Wildman–Crippen MR) is 137 cm³/mol. The molecule has 0 bridgehead atoms. The van der Waals surface area contributed by atoms with Crippen LogP contribution >= 0.6 is 0 Å². The van der Waals surface area contributed by atoms with E-state index in [-0.39, 0.29) is 5.78 Å². The lowest BCUT2D eigenvalue weighted by atomic mass is 9.68. The van der Waals surface area contributed by atoms with Crippen LogP contribution in [0.2, 0.25) is 0 Å². The van der Waals surface area contributed by atoms with Crippen LogP contribution in [0.3, 0.4) is 0 Å². The Hall–Kier alpha value is -4.67. The maximum Gasteiger partial charge on any atom is 0.185 e. The van der Waals surface area contributed by atoms with Gasteiger partial charge < -0.3 is 4.90 Å². The molecule has 1 fully saturated rings. The van der Waals surface area contributed by atoms with Crippen LogP contribution in [0.15, 0.2) is 103 Å². The maximum absolute atomic E-state index is 14.3. The van der Waals surface area contributed by atoms with Crippen LogP contribution in [0.5, 0.6) is 0 Å². The Morgan fingerprint density at radius 2 is 1.49 bits per heavy atom. The van der Waals surface area contributed by atoms with Crippen LogP contribution < -0.4 is 4.90 Å². The van der Waals surface area contributed by atoms with Gasteiger partial charge in [0.15, 0.2) is 11.2 Å². The first kappa shape index (κ1) is 20.9. The first-order valence-electron chi connectivity index (χ1n) is 11.6. The third-order valence-electron chi connectivity index (χ3n) is 7.40. The van der Waals surface area contributed by atoms with Crippen LogP contribution in [0.1, 0.15) is 27.4 Å². The topological polar surface area (TPSA) is 67.9 Å². The molecule has 3 atom stereocenters. The average molecular weight is 452 g/mol. The number of carbonyl (C=O) groups excluding carboxylic acids is 1. The molecular weight excluding hydrogens is 430 g/mol. The number of nitrogens with zero attached hydrogens (tertiary/aromatic N) is 3. The number of fused-ring (bicyclic) bond motifs is 4. The van der Waals surface area contributed by atoms with Gasteiger partial charge in [-0.15, -0.1) is 0 Å². The van der Waals surface area contributed by atoms with Gasteiger partial charge in [0.2, 0.25) is 0 Å². The highest BCUT2D eigenvalue weighted by Gasteiger charge is 2.63. The van der Waals surface area contributed by atoms with E-state index >= 15 is 0 Å². The lowest BCUT2D eigenvalue weighted by Gasteiger charge is -2.35. The van der Waals surface area contributed by atoms with Gasteiger partial charge in [-0.1, -0.05) is 103 Å².